The van der Waals surface area contributed by atoms with Crippen molar-refractivity contribution in [3.63, 3.8) is 0 Å². The number of piperazine rings is 1. The molecule has 7 N–H and O–H groups in total. The lowest BCUT2D eigenvalue weighted by atomic mass is 9.74. The van der Waals surface area contributed by atoms with Crippen molar-refractivity contribution < 1.29 is 26.5 Å². The van der Waals surface area contributed by atoms with Crippen molar-refractivity contribution in [2.24, 2.45) is 16.1 Å². The van der Waals surface area contributed by atoms with Crippen LogP contribution in [0.5, 0.6) is 0 Å². The van der Waals surface area contributed by atoms with Crippen LogP contribution in [0.1, 0.15) is 35.3 Å². The zero-order chi connectivity index (χ0) is 28.9. The van der Waals surface area contributed by atoms with Gasteiger partial charge in [-0.3, -0.25) is 15.1 Å². The molecule has 2 aliphatic heterocycles. The van der Waals surface area contributed by atoms with Gasteiger partial charge in [-0.1, -0.05) is 41.9 Å². The summed E-state index contributed by atoms with van der Waals surface area (Å²) in [6.07, 6.45) is 3.34. The standard InChI is InChI=1S/C27H39ClN10O2.ClH/c1-38(2)16-14-37(15-17-38)26(40)36-12-10-27(11-13-36,9-8-19-6-4-3-5-7-19)18-32-25(31)35-24(39)20-22(29)34-23(30)21(28)33-20;/h3-7H,8-18H2,1-2H3,(H6-,29,30,31,32,34,35,39);1H. The Labute approximate surface area is 252 Å². The van der Waals surface area contributed by atoms with Gasteiger partial charge < -0.3 is 43.9 Å². The topological polar surface area (TPSA) is 169 Å². The summed E-state index contributed by atoms with van der Waals surface area (Å²) in [5.74, 6) is -0.938. The van der Waals surface area contributed by atoms with Crippen LogP contribution in [-0.4, -0.2) is 102 Å². The molecule has 1 aromatic carbocycles. The zero-order valence-electron chi connectivity index (χ0n) is 23.7. The van der Waals surface area contributed by atoms with Crippen molar-refractivity contribution in [2.75, 3.05) is 71.4 Å². The minimum absolute atomic E-state index is 0. The van der Waals surface area contributed by atoms with Gasteiger partial charge in [0, 0.05) is 19.6 Å². The van der Waals surface area contributed by atoms with Crippen LogP contribution < -0.4 is 34.9 Å². The van der Waals surface area contributed by atoms with E-state index in [1.54, 1.807) is 0 Å². The summed E-state index contributed by atoms with van der Waals surface area (Å²) in [6, 6.07) is 10.4. The Hall–Kier alpha value is -3.35. The molecular formula is C27H40Cl2N10O2. The molecule has 4 rings (SSSR count). The highest BCUT2D eigenvalue weighted by molar-refractivity contribution is 6.31. The monoisotopic (exact) mass is 606 g/mol. The fraction of sp³-hybridized carbons (Fsp3) is 0.519. The molecule has 224 valence electrons. The number of quaternary nitrogens is 1. The third-order valence-corrected chi connectivity index (χ3v) is 8.33. The molecule has 41 heavy (non-hydrogen) atoms. The third kappa shape index (κ3) is 8.34. The Morgan fingerprint density at radius 3 is 2.27 bits per heavy atom. The van der Waals surface area contributed by atoms with E-state index in [0.717, 1.165) is 56.3 Å². The average Bonchev–Trinajstić information content (AvgIpc) is 2.93. The molecule has 2 aromatic rings. The number of urea groups is 1. The van der Waals surface area contributed by atoms with Crippen LogP contribution in [0.2, 0.25) is 5.15 Å². The number of likely N-dealkylation sites (tertiary alicyclic amines) is 1. The number of nitrogens with one attached hydrogen (secondary N) is 1. The molecule has 0 bridgehead atoms. The molecule has 0 atom stereocenters. The fourth-order valence-electron chi connectivity index (χ4n) is 5.19. The first-order chi connectivity index (χ1) is 19.0. The number of anilines is 2. The quantitative estimate of drug-likeness (QED) is 0.177. The van der Waals surface area contributed by atoms with Crippen LogP contribution in [-0.2, 0) is 6.42 Å². The van der Waals surface area contributed by atoms with Gasteiger partial charge in [0.1, 0.15) is 0 Å². The number of likely N-dealkylation sites (N-methyl/N-ethyl adjacent to an activating group) is 1. The van der Waals surface area contributed by atoms with E-state index in [-0.39, 0.29) is 52.3 Å². The number of aryl methyl sites for hydroxylation is 1. The molecule has 1 aromatic heterocycles. The normalized spacial score (nSPS) is 18.4. The van der Waals surface area contributed by atoms with E-state index in [1.165, 1.54) is 5.56 Å². The third-order valence-electron chi connectivity index (χ3n) is 8.05. The smallest absolute Gasteiger partial charge is 0.320 e. The highest BCUT2D eigenvalue weighted by Crippen LogP contribution is 2.37. The summed E-state index contributed by atoms with van der Waals surface area (Å²) in [4.78, 5) is 42.2. The number of aromatic nitrogens is 2. The van der Waals surface area contributed by atoms with Crippen LogP contribution in [0.25, 0.3) is 0 Å². The van der Waals surface area contributed by atoms with Gasteiger partial charge in [0.15, 0.2) is 28.4 Å². The largest absolute Gasteiger partial charge is 1.00 e. The first-order valence-corrected chi connectivity index (χ1v) is 13.9. The Morgan fingerprint density at radius 1 is 1.02 bits per heavy atom. The molecule has 0 unspecified atom stereocenters. The summed E-state index contributed by atoms with van der Waals surface area (Å²) in [7, 11) is 4.40. The van der Waals surface area contributed by atoms with Gasteiger partial charge in [-0.15, -0.1) is 0 Å². The van der Waals surface area contributed by atoms with Crippen molar-refractivity contribution in [2.45, 2.75) is 25.7 Å². The number of nitrogens with two attached hydrogens (primary N) is 3. The number of rotatable bonds is 6. The minimum Gasteiger partial charge on any atom is -1.00 e. The number of halogens is 2. The molecule has 2 aliphatic rings. The molecule has 0 aliphatic carbocycles. The number of hydrogen-bond donors (Lipinski definition) is 4. The van der Waals surface area contributed by atoms with E-state index in [2.05, 4.69) is 46.5 Å². The van der Waals surface area contributed by atoms with Crippen molar-refractivity contribution in [1.29, 1.82) is 0 Å². The van der Waals surface area contributed by atoms with Crippen molar-refractivity contribution in [1.82, 2.24) is 25.1 Å². The Balaban J connectivity index is 0.00000462. The SMILES string of the molecule is C[N+]1(C)CCN(C(=O)N2CCC(CCc3ccccc3)(CN=C(N)NC(=O)c3nc(Cl)c(N)nc3N)CC2)CC1.[Cl-]. The number of amides is 3. The maximum atomic E-state index is 13.3. The van der Waals surface area contributed by atoms with E-state index < -0.39 is 5.91 Å². The molecule has 0 radical (unpaired) electrons. The Bertz CT molecular complexity index is 1240. The van der Waals surface area contributed by atoms with Crippen LogP contribution in [0, 0.1) is 5.41 Å². The Kier molecular flexibility index (Phi) is 10.6. The Morgan fingerprint density at radius 2 is 1.63 bits per heavy atom. The van der Waals surface area contributed by atoms with Gasteiger partial charge in [-0.05, 0) is 36.7 Å². The highest BCUT2D eigenvalue weighted by Gasteiger charge is 2.38. The lowest BCUT2D eigenvalue weighted by Crippen LogP contribution is -3.00. The second-order valence-electron chi connectivity index (χ2n) is 11.4. The number of nitrogen functional groups attached to an aromatic ring is 2. The van der Waals surface area contributed by atoms with E-state index in [9.17, 15) is 9.59 Å². The summed E-state index contributed by atoms with van der Waals surface area (Å²) in [5, 5.41) is 2.40. The molecule has 0 saturated carbocycles. The second kappa shape index (κ2) is 13.5. The molecular weight excluding hydrogens is 567 g/mol. The van der Waals surface area contributed by atoms with Gasteiger partial charge >= 0.3 is 6.03 Å². The van der Waals surface area contributed by atoms with Gasteiger partial charge in [0.25, 0.3) is 5.91 Å². The van der Waals surface area contributed by atoms with Crippen LogP contribution in [0.4, 0.5) is 16.4 Å². The van der Waals surface area contributed by atoms with Crippen LogP contribution in [0.15, 0.2) is 35.3 Å². The highest BCUT2D eigenvalue weighted by atomic mass is 35.5. The molecule has 12 nitrogen and oxygen atoms in total. The summed E-state index contributed by atoms with van der Waals surface area (Å²) < 4.78 is 0.937. The van der Waals surface area contributed by atoms with E-state index in [4.69, 9.17) is 28.8 Å². The molecule has 3 amide bonds. The number of benzene rings is 1. The predicted octanol–water partition coefficient (Wildman–Crippen LogP) is -1.43. The number of nitrogens with zero attached hydrogens (tertiary/aromatic N) is 6. The zero-order valence-corrected chi connectivity index (χ0v) is 25.2. The van der Waals surface area contributed by atoms with E-state index in [0.29, 0.717) is 19.6 Å². The number of aliphatic imine (C=N–C) groups is 1. The minimum atomic E-state index is -0.671. The van der Waals surface area contributed by atoms with Crippen molar-refractivity contribution in [3.05, 3.63) is 46.7 Å². The van der Waals surface area contributed by atoms with E-state index >= 15 is 0 Å². The molecule has 2 fully saturated rings. The van der Waals surface area contributed by atoms with Gasteiger partial charge in [0.2, 0.25) is 0 Å². The van der Waals surface area contributed by atoms with Gasteiger partial charge in [-0.25, -0.2) is 14.8 Å². The van der Waals surface area contributed by atoms with Gasteiger partial charge in [0.05, 0.1) is 40.3 Å². The number of carbonyl (C=O) groups is 2. The summed E-state index contributed by atoms with van der Waals surface area (Å²) in [5.41, 5.74) is 18.4. The second-order valence-corrected chi connectivity index (χ2v) is 11.8. The molecule has 0 spiro atoms. The number of piperidine rings is 1. The number of carbonyl (C=O) groups excluding carboxylic acids is 2. The van der Waals surface area contributed by atoms with Crippen LogP contribution >= 0.6 is 11.6 Å². The van der Waals surface area contributed by atoms with Crippen molar-refractivity contribution >= 4 is 41.1 Å². The maximum Gasteiger partial charge on any atom is 0.320 e. The average molecular weight is 608 g/mol. The number of guanidine groups is 1. The van der Waals surface area contributed by atoms with Gasteiger partial charge in [-0.2, -0.15) is 0 Å². The molecule has 14 heteroatoms. The van der Waals surface area contributed by atoms with Crippen molar-refractivity contribution in [3.8, 4) is 0 Å². The number of hydrogen-bond acceptors (Lipinski definition) is 7. The molecule has 2 saturated heterocycles. The first-order valence-electron chi connectivity index (χ1n) is 13.6. The summed E-state index contributed by atoms with van der Waals surface area (Å²) >= 11 is 5.90. The maximum absolute atomic E-state index is 13.3. The lowest BCUT2D eigenvalue weighted by Gasteiger charge is -2.44. The lowest BCUT2D eigenvalue weighted by molar-refractivity contribution is -0.894. The fourth-order valence-corrected chi connectivity index (χ4v) is 5.31. The predicted molar refractivity (Wildman–Crippen MR) is 157 cm³/mol. The van der Waals surface area contributed by atoms with Crippen LogP contribution in [0.3, 0.4) is 0 Å². The molecule has 3 heterocycles. The van der Waals surface area contributed by atoms with E-state index in [1.807, 2.05) is 28.0 Å². The first kappa shape index (κ1) is 32.2. The summed E-state index contributed by atoms with van der Waals surface area (Å²) in [6.45, 7) is 5.18.